The second kappa shape index (κ2) is 7.76. The molecule has 4 aromatic rings. The van der Waals surface area contributed by atoms with Gasteiger partial charge in [0.15, 0.2) is 5.82 Å². The molecule has 138 valence electrons. The average Bonchev–Trinajstić information content (AvgIpc) is 3.10. The first-order valence-corrected chi connectivity index (χ1v) is 9.35. The first-order chi connectivity index (χ1) is 13.2. The van der Waals surface area contributed by atoms with Crippen molar-refractivity contribution < 1.29 is 4.74 Å². The van der Waals surface area contributed by atoms with Crippen LogP contribution in [0.4, 0.5) is 5.82 Å². The van der Waals surface area contributed by atoms with Crippen molar-refractivity contribution in [1.29, 1.82) is 0 Å². The number of pyridine rings is 1. The van der Waals surface area contributed by atoms with Crippen LogP contribution >= 0.6 is 0 Å². The summed E-state index contributed by atoms with van der Waals surface area (Å²) in [6, 6.07) is 16.5. The molecule has 2 aromatic heterocycles. The van der Waals surface area contributed by atoms with Crippen molar-refractivity contribution in [2.75, 3.05) is 12.3 Å². The lowest BCUT2D eigenvalue weighted by molar-refractivity contribution is 0.116. The molecule has 0 saturated carbocycles. The lowest BCUT2D eigenvalue weighted by Crippen LogP contribution is -2.01. The lowest BCUT2D eigenvalue weighted by atomic mass is 10.1. The molecular weight excluding hydrogens is 336 g/mol. The SMILES string of the molecule is Cc1cccc(COCCCCn2cnc3c(N)nc4ccccc4c32)c1. The third-order valence-electron chi connectivity index (χ3n) is 4.77. The van der Waals surface area contributed by atoms with E-state index in [1.54, 1.807) is 0 Å². The van der Waals surface area contributed by atoms with Crippen LogP contribution in [0.5, 0.6) is 0 Å². The van der Waals surface area contributed by atoms with Gasteiger partial charge < -0.3 is 15.0 Å². The molecule has 5 heteroatoms. The molecular formula is C22H24N4O. The zero-order chi connectivity index (χ0) is 18.6. The van der Waals surface area contributed by atoms with Crippen LogP contribution in [0.25, 0.3) is 21.9 Å². The van der Waals surface area contributed by atoms with Gasteiger partial charge in [0.05, 0.1) is 24.0 Å². The van der Waals surface area contributed by atoms with Gasteiger partial charge in [0, 0.05) is 18.5 Å². The summed E-state index contributed by atoms with van der Waals surface area (Å²) in [5.41, 5.74) is 11.3. The summed E-state index contributed by atoms with van der Waals surface area (Å²) in [4.78, 5) is 8.93. The monoisotopic (exact) mass is 360 g/mol. The van der Waals surface area contributed by atoms with E-state index in [0.717, 1.165) is 47.9 Å². The number of hydrogen-bond acceptors (Lipinski definition) is 4. The normalized spacial score (nSPS) is 11.4. The van der Waals surface area contributed by atoms with Gasteiger partial charge in [-0.15, -0.1) is 0 Å². The van der Waals surface area contributed by atoms with Crippen LogP contribution in [-0.2, 0) is 17.9 Å². The molecule has 0 radical (unpaired) electrons. The van der Waals surface area contributed by atoms with Crippen LogP contribution < -0.4 is 5.73 Å². The number of anilines is 1. The first kappa shape index (κ1) is 17.5. The van der Waals surface area contributed by atoms with Crippen molar-refractivity contribution in [2.24, 2.45) is 0 Å². The van der Waals surface area contributed by atoms with E-state index < -0.39 is 0 Å². The second-order valence-electron chi connectivity index (χ2n) is 6.90. The van der Waals surface area contributed by atoms with E-state index in [0.29, 0.717) is 12.4 Å². The van der Waals surface area contributed by atoms with Crippen molar-refractivity contribution in [2.45, 2.75) is 32.9 Å². The first-order valence-electron chi connectivity index (χ1n) is 9.35. The Kier molecular flexibility index (Phi) is 5.03. The number of benzene rings is 2. The Labute approximate surface area is 158 Å². The minimum absolute atomic E-state index is 0.490. The molecule has 27 heavy (non-hydrogen) atoms. The molecule has 0 amide bonds. The van der Waals surface area contributed by atoms with Crippen molar-refractivity contribution >= 4 is 27.8 Å². The number of unbranched alkanes of at least 4 members (excludes halogenated alkanes) is 1. The maximum Gasteiger partial charge on any atom is 0.152 e. The number of nitrogens with two attached hydrogens (primary N) is 1. The summed E-state index contributed by atoms with van der Waals surface area (Å²) in [5, 5.41) is 1.09. The van der Waals surface area contributed by atoms with E-state index in [2.05, 4.69) is 51.8 Å². The van der Waals surface area contributed by atoms with Gasteiger partial charge >= 0.3 is 0 Å². The molecule has 0 fully saturated rings. The number of nitrogens with zero attached hydrogens (tertiary/aromatic N) is 3. The van der Waals surface area contributed by atoms with Crippen LogP contribution in [0.1, 0.15) is 24.0 Å². The summed E-state index contributed by atoms with van der Waals surface area (Å²) >= 11 is 0. The number of aryl methyl sites for hydroxylation is 2. The molecule has 2 N–H and O–H groups in total. The molecule has 0 atom stereocenters. The van der Waals surface area contributed by atoms with Gasteiger partial charge in [0.25, 0.3) is 0 Å². The molecule has 0 spiro atoms. The molecule has 0 unspecified atom stereocenters. The van der Waals surface area contributed by atoms with Crippen LogP contribution in [-0.4, -0.2) is 21.1 Å². The molecule has 0 aliphatic carbocycles. The number of imidazole rings is 1. The topological polar surface area (TPSA) is 66.0 Å². The zero-order valence-corrected chi connectivity index (χ0v) is 15.6. The Morgan fingerprint density at radius 1 is 1.07 bits per heavy atom. The summed E-state index contributed by atoms with van der Waals surface area (Å²) in [5.74, 6) is 0.490. The van der Waals surface area contributed by atoms with Crippen LogP contribution in [0.2, 0.25) is 0 Å². The summed E-state index contributed by atoms with van der Waals surface area (Å²) in [6.07, 6.45) is 3.89. The highest BCUT2D eigenvalue weighted by molar-refractivity contribution is 6.06. The molecule has 2 heterocycles. The molecule has 2 aromatic carbocycles. The van der Waals surface area contributed by atoms with Crippen molar-refractivity contribution in [3.05, 3.63) is 66.0 Å². The third-order valence-corrected chi connectivity index (χ3v) is 4.77. The quantitative estimate of drug-likeness (QED) is 0.494. The molecule has 0 bridgehead atoms. The Bertz CT molecular complexity index is 1070. The van der Waals surface area contributed by atoms with E-state index >= 15 is 0 Å². The largest absolute Gasteiger partial charge is 0.382 e. The number of fused-ring (bicyclic) bond motifs is 3. The average molecular weight is 360 g/mol. The number of hydrogen-bond donors (Lipinski definition) is 1. The summed E-state index contributed by atoms with van der Waals surface area (Å²) in [7, 11) is 0. The molecule has 0 aliphatic rings. The highest BCUT2D eigenvalue weighted by atomic mass is 16.5. The number of rotatable bonds is 7. The maximum absolute atomic E-state index is 6.09. The van der Waals surface area contributed by atoms with Gasteiger partial charge in [-0.1, -0.05) is 48.0 Å². The van der Waals surface area contributed by atoms with Gasteiger partial charge in [0.1, 0.15) is 5.52 Å². The van der Waals surface area contributed by atoms with Gasteiger partial charge in [-0.2, -0.15) is 0 Å². The van der Waals surface area contributed by atoms with E-state index in [1.165, 1.54) is 11.1 Å². The third kappa shape index (κ3) is 3.78. The number of nitrogen functional groups attached to an aromatic ring is 1. The zero-order valence-electron chi connectivity index (χ0n) is 15.6. The van der Waals surface area contributed by atoms with E-state index in [4.69, 9.17) is 10.5 Å². The number of ether oxygens (including phenoxy) is 1. The minimum atomic E-state index is 0.490. The summed E-state index contributed by atoms with van der Waals surface area (Å²) < 4.78 is 7.99. The van der Waals surface area contributed by atoms with Gasteiger partial charge in [0.2, 0.25) is 0 Å². The Balaban J connectivity index is 1.37. The fourth-order valence-electron chi connectivity index (χ4n) is 3.45. The lowest BCUT2D eigenvalue weighted by Gasteiger charge is -2.08. The fourth-order valence-corrected chi connectivity index (χ4v) is 3.45. The highest BCUT2D eigenvalue weighted by Crippen LogP contribution is 2.27. The Morgan fingerprint density at radius 3 is 2.85 bits per heavy atom. The predicted octanol–water partition coefficient (Wildman–Crippen LogP) is 4.47. The fraction of sp³-hybridized carbons (Fsp3) is 0.273. The van der Waals surface area contributed by atoms with Crippen molar-refractivity contribution in [3.63, 3.8) is 0 Å². The summed E-state index contributed by atoms with van der Waals surface area (Å²) in [6.45, 7) is 4.41. The molecule has 4 rings (SSSR count). The van der Waals surface area contributed by atoms with E-state index in [-0.39, 0.29) is 0 Å². The van der Waals surface area contributed by atoms with Crippen molar-refractivity contribution in [3.8, 4) is 0 Å². The van der Waals surface area contributed by atoms with Gasteiger partial charge in [-0.25, -0.2) is 9.97 Å². The van der Waals surface area contributed by atoms with Crippen LogP contribution in [0, 0.1) is 6.92 Å². The molecule has 5 nitrogen and oxygen atoms in total. The number of para-hydroxylation sites is 1. The standard InChI is InChI=1S/C22H24N4O/c1-16-7-6-8-17(13-16)14-27-12-5-4-11-26-15-24-20-21(26)18-9-2-3-10-19(18)25-22(20)23/h2-3,6-10,13,15H,4-5,11-12,14H2,1H3,(H2,23,25). The van der Waals surface area contributed by atoms with Crippen LogP contribution in [0.15, 0.2) is 54.9 Å². The number of aromatic nitrogens is 3. The smallest absolute Gasteiger partial charge is 0.152 e. The van der Waals surface area contributed by atoms with Gasteiger partial charge in [-0.05, 0) is 31.4 Å². The second-order valence-corrected chi connectivity index (χ2v) is 6.90. The molecule has 0 saturated heterocycles. The van der Waals surface area contributed by atoms with E-state index in [1.807, 2.05) is 24.5 Å². The highest BCUT2D eigenvalue weighted by Gasteiger charge is 2.11. The molecule has 0 aliphatic heterocycles. The van der Waals surface area contributed by atoms with Crippen LogP contribution in [0.3, 0.4) is 0 Å². The maximum atomic E-state index is 6.09. The van der Waals surface area contributed by atoms with E-state index in [9.17, 15) is 0 Å². The Hall–Kier alpha value is -2.92. The Morgan fingerprint density at radius 2 is 1.96 bits per heavy atom. The van der Waals surface area contributed by atoms with Crippen molar-refractivity contribution in [1.82, 2.24) is 14.5 Å². The predicted molar refractivity (Wildman–Crippen MR) is 110 cm³/mol. The van der Waals surface area contributed by atoms with Gasteiger partial charge in [-0.3, -0.25) is 0 Å². The minimum Gasteiger partial charge on any atom is -0.382 e.